The minimum atomic E-state index is -3.82. The van der Waals surface area contributed by atoms with Gasteiger partial charge in [0.2, 0.25) is 0 Å². The number of halogens is 1. The van der Waals surface area contributed by atoms with Crippen LogP contribution in [0, 0.1) is 0 Å². The third-order valence-corrected chi connectivity index (χ3v) is 5.10. The molecule has 0 fully saturated rings. The van der Waals surface area contributed by atoms with Gasteiger partial charge < -0.3 is 0 Å². The molecule has 7 nitrogen and oxygen atoms in total. The van der Waals surface area contributed by atoms with Crippen LogP contribution >= 0.6 is 11.6 Å². The molecule has 0 aliphatic carbocycles. The van der Waals surface area contributed by atoms with Crippen molar-refractivity contribution in [3.05, 3.63) is 52.0 Å². The third kappa shape index (κ3) is 2.71. The minimum absolute atomic E-state index is 0.0444. The standard InChI is InChI=1S/C14H13ClN4O3S/c1-18-11-5-4-10(7-12(11)19(2)14(18)20)23(21,22)17-13-6-3-9(15)8-16-13/h3-8H,1-2H3,(H,16,17). The lowest BCUT2D eigenvalue weighted by atomic mass is 10.3. The Bertz CT molecular complexity index is 1050. The van der Waals surface area contributed by atoms with Gasteiger partial charge in [-0.1, -0.05) is 11.6 Å². The van der Waals surface area contributed by atoms with Crippen LogP contribution < -0.4 is 10.4 Å². The topological polar surface area (TPSA) is 86.0 Å². The lowest BCUT2D eigenvalue weighted by molar-refractivity contribution is 0.601. The molecule has 23 heavy (non-hydrogen) atoms. The molecule has 0 aliphatic heterocycles. The van der Waals surface area contributed by atoms with E-state index < -0.39 is 10.0 Å². The second kappa shape index (κ2) is 5.39. The zero-order valence-electron chi connectivity index (χ0n) is 12.3. The first-order valence-electron chi connectivity index (χ1n) is 6.59. The van der Waals surface area contributed by atoms with Crippen molar-refractivity contribution in [1.82, 2.24) is 14.1 Å². The maximum atomic E-state index is 12.5. The van der Waals surface area contributed by atoms with Crippen molar-refractivity contribution in [2.45, 2.75) is 4.90 Å². The number of hydrogen-bond acceptors (Lipinski definition) is 4. The molecule has 9 heteroatoms. The van der Waals surface area contributed by atoms with Crippen molar-refractivity contribution in [2.75, 3.05) is 4.72 Å². The highest BCUT2D eigenvalue weighted by atomic mass is 35.5. The number of nitrogens with zero attached hydrogens (tertiary/aromatic N) is 3. The highest BCUT2D eigenvalue weighted by Crippen LogP contribution is 2.20. The molecule has 0 radical (unpaired) electrons. The fourth-order valence-corrected chi connectivity index (χ4v) is 3.43. The normalized spacial score (nSPS) is 11.8. The number of fused-ring (bicyclic) bond motifs is 1. The van der Waals surface area contributed by atoms with Crippen LogP contribution in [0.5, 0.6) is 0 Å². The van der Waals surface area contributed by atoms with Crippen molar-refractivity contribution >= 4 is 38.5 Å². The van der Waals surface area contributed by atoms with E-state index in [-0.39, 0.29) is 16.4 Å². The Morgan fingerprint density at radius 3 is 2.43 bits per heavy atom. The van der Waals surface area contributed by atoms with E-state index in [0.29, 0.717) is 16.1 Å². The van der Waals surface area contributed by atoms with Gasteiger partial charge in [0.15, 0.2) is 0 Å². The number of aryl methyl sites for hydroxylation is 2. The van der Waals surface area contributed by atoms with Crippen molar-refractivity contribution in [1.29, 1.82) is 0 Å². The first-order chi connectivity index (χ1) is 10.8. The zero-order valence-corrected chi connectivity index (χ0v) is 13.9. The summed E-state index contributed by atoms with van der Waals surface area (Å²) in [6.45, 7) is 0. The van der Waals surface area contributed by atoms with Gasteiger partial charge in [0.25, 0.3) is 10.0 Å². The van der Waals surface area contributed by atoms with Crippen LogP contribution in [0.2, 0.25) is 5.02 Å². The molecule has 0 spiro atoms. The van der Waals surface area contributed by atoms with Crippen molar-refractivity contribution in [3.8, 4) is 0 Å². The molecule has 3 rings (SSSR count). The highest BCUT2D eigenvalue weighted by molar-refractivity contribution is 7.92. The number of rotatable bonds is 3. The molecule has 0 saturated carbocycles. The molecule has 1 aromatic carbocycles. The maximum absolute atomic E-state index is 12.5. The van der Waals surface area contributed by atoms with Crippen molar-refractivity contribution < 1.29 is 8.42 Å². The molecule has 1 N–H and O–H groups in total. The van der Waals surface area contributed by atoms with Crippen LogP contribution in [0.4, 0.5) is 5.82 Å². The molecular weight excluding hydrogens is 340 g/mol. The molecule has 0 unspecified atom stereocenters. The zero-order chi connectivity index (χ0) is 16.8. The largest absolute Gasteiger partial charge is 0.328 e. The number of sulfonamides is 1. The van der Waals surface area contributed by atoms with E-state index in [9.17, 15) is 13.2 Å². The number of anilines is 1. The predicted molar refractivity (Wildman–Crippen MR) is 88.2 cm³/mol. The Balaban J connectivity index is 2.06. The van der Waals surface area contributed by atoms with Crippen LogP contribution in [-0.2, 0) is 24.1 Å². The Kier molecular flexibility index (Phi) is 3.65. The summed E-state index contributed by atoms with van der Waals surface area (Å²) in [5.41, 5.74) is 0.965. The monoisotopic (exact) mass is 352 g/mol. The van der Waals surface area contributed by atoms with Gasteiger partial charge in [-0.2, -0.15) is 0 Å². The highest BCUT2D eigenvalue weighted by Gasteiger charge is 2.17. The van der Waals surface area contributed by atoms with Crippen molar-refractivity contribution in [2.24, 2.45) is 14.1 Å². The smallest absolute Gasteiger partial charge is 0.295 e. The maximum Gasteiger partial charge on any atom is 0.328 e. The SMILES string of the molecule is Cn1c(=O)n(C)c2cc(S(=O)(=O)Nc3ccc(Cl)cn3)ccc21. The van der Waals surface area contributed by atoms with E-state index in [1.807, 2.05) is 0 Å². The minimum Gasteiger partial charge on any atom is -0.295 e. The molecule has 2 aromatic heterocycles. The van der Waals surface area contributed by atoms with Crippen LogP contribution in [0.25, 0.3) is 11.0 Å². The molecule has 3 aromatic rings. The van der Waals surface area contributed by atoms with Crippen LogP contribution in [-0.4, -0.2) is 22.5 Å². The second-order valence-electron chi connectivity index (χ2n) is 5.02. The van der Waals surface area contributed by atoms with Gasteiger partial charge in [-0.3, -0.25) is 13.9 Å². The Morgan fingerprint density at radius 1 is 1.09 bits per heavy atom. The molecule has 0 amide bonds. The number of aromatic nitrogens is 3. The fraction of sp³-hybridized carbons (Fsp3) is 0.143. The van der Waals surface area contributed by atoms with E-state index in [4.69, 9.17) is 11.6 Å². The first kappa shape index (κ1) is 15.6. The van der Waals surface area contributed by atoms with E-state index in [0.717, 1.165) is 0 Å². The predicted octanol–water partition coefficient (Wildman–Crippen LogP) is 1.73. The Morgan fingerprint density at radius 2 is 1.78 bits per heavy atom. The van der Waals surface area contributed by atoms with Gasteiger partial charge in [0, 0.05) is 20.3 Å². The van der Waals surface area contributed by atoms with Gasteiger partial charge in [-0.25, -0.2) is 18.2 Å². The summed E-state index contributed by atoms with van der Waals surface area (Å²) < 4.78 is 30.1. The van der Waals surface area contributed by atoms with E-state index in [1.54, 1.807) is 20.2 Å². The van der Waals surface area contributed by atoms with Crippen LogP contribution in [0.15, 0.2) is 46.2 Å². The molecule has 0 bridgehead atoms. The number of hydrogen-bond donors (Lipinski definition) is 1. The summed E-state index contributed by atoms with van der Waals surface area (Å²) >= 11 is 5.73. The van der Waals surface area contributed by atoms with E-state index in [2.05, 4.69) is 9.71 Å². The first-order valence-corrected chi connectivity index (χ1v) is 8.45. The summed E-state index contributed by atoms with van der Waals surface area (Å²) in [5.74, 6) is 0.163. The average molecular weight is 353 g/mol. The number of imidazole rings is 1. The quantitative estimate of drug-likeness (QED) is 0.777. The summed E-state index contributed by atoms with van der Waals surface area (Å²) in [5, 5.41) is 0.411. The molecule has 0 saturated heterocycles. The molecular formula is C14H13ClN4O3S. The van der Waals surface area contributed by atoms with Gasteiger partial charge in [-0.15, -0.1) is 0 Å². The summed E-state index contributed by atoms with van der Waals surface area (Å²) in [4.78, 5) is 15.9. The Hall–Kier alpha value is -2.32. The molecule has 0 atom stereocenters. The molecule has 120 valence electrons. The summed E-state index contributed by atoms with van der Waals surface area (Å²) in [6, 6.07) is 7.50. The van der Waals surface area contributed by atoms with Gasteiger partial charge >= 0.3 is 5.69 Å². The number of pyridine rings is 1. The van der Waals surface area contributed by atoms with Gasteiger partial charge in [0.05, 0.1) is 21.0 Å². The summed E-state index contributed by atoms with van der Waals surface area (Å²) in [6.07, 6.45) is 1.35. The second-order valence-corrected chi connectivity index (χ2v) is 7.14. The van der Waals surface area contributed by atoms with Gasteiger partial charge in [0.1, 0.15) is 5.82 Å². The van der Waals surface area contributed by atoms with Crippen molar-refractivity contribution in [3.63, 3.8) is 0 Å². The fourth-order valence-electron chi connectivity index (χ4n) is 2.29. The Labute approximate surface area is 137 Å². The third-order valence-electron chi connectivity index (χ3n) is 3.52. The number of benzene rings is 1. The lowest BCUT2D eigenvalue weighted by Gasteiger charge is -2.08. The van der Waals surface area contributed by atoms with Gasteiger partial charge in [-0.05, 0) is 30.3 Å². The average Bonchev–Trinajstić information content (AvgIpc) is 2.74. The number of nitrogens with one attached hydrogen (secondary N) is 1. The molecule has 0 aliphatic rings. The van der Waals surface area contributed by atoms with Crippen LogP contribution in [0.1, 0.15) is 0 Å². The van der Waals surface area contributed by atoms with E-state index >= 15 is 0 Å². The van der Waals surface area contributed by atoms with E-state index in [1.165, 1.54) is 39.6 Å². The molecule has 2 heterocycles. The summed E-state index contributed by atoms with van der Waals surface area (Å²) in [7, 11) is -0.592. The van der Waals surface area contributed by atoms with Crippen LogP contribution in [0.3, 0.4) is 0 Å². The lowest BCUT2D eigenvalue weighted by Crippen LogP contribution is -2.19.